The van der Waals surface area contributed by atoms with Crippen LogP contribution in [0.25, 0.3) is 21.5 Å². The molecule has 5 nitrogen and oxygen atoms in total. The first-order valence-corrected chi connectivity index (χ1v) is 16.2. The summed E-state index contributed by atoms with van der Waals surface area (Å²) in [5.41, 5.74) is 10.1. The molecule has 0 spiro atoms. The average Bonchev–Trinajstić information content (AvgIpc) is 3.06. The molecular weight excluding hydrogens is 580 g/mol. The van der Waals surface area contributed by atoms with Crippen LogP contribution in [0.1, 0.15) is 36.1 Å². The highest BCUT2D eigenvalue weighted by atomic mass is 16.3. The van der Waals surface area contributed by atoms with Gasteiger partial charge in [0.15, 0.2) is 0 Å². The van der Waals surface area contributed by atoms with Gasteiger partial charge in [-0.05, 0) is 114 Å². The van der Waals surface area contributed by atoms with Gasteiger partial charge in [0.2, 0.25) is 0 Å². The molecule has 6 aromatic rings. The van der Waals surface area contributed by atoms with E-state index in [1.807, 2.05) is 42.5 Å². The number of carbonyl (C=O) groups is 1. The van der Waals surface area contributed by atoms with Gasteiger partial charge in [-0.25, -0.2) is 0 Å². The second kappa shape index (κ2) is 18.2. The van der Waals surface area contributed by atoms with Crippen molar-refractivity contribution in [2.24, 2.45) is 5.73 Å². The normalized spacial score (nSPS) is 11.2. The minimum Gasteiger partial charge on any atom is -0.508 e. The van der Waals surface area contributed by atoms with Gasteiger partial charge in [-0.1, -0.05) is 109 Å². The lowest BCUT2D eigenvalue weighted by Crippen LogP contribution is -2.29. The van der Waals surface area contributed by atoms with E-state index in [1.165, 1.54) is 32.7 Å². The van der Waals surface area contributed by atoms with Gasteiger partial charge in [-0.2, -0.15) is 0 Å². The minimum absolute atomic E-state index is 0.209. The van der Waals surface area contributed by atoms with Crippen LogP contribution in [0, 0.1) is 0 Å². The van der Waals surface area contributed by atoms with Crippen molar-refractivity contribution in [3.8, 4) is 11.5 Å². The summed E-state index contributed by atoms with van der Waals surface area (Å²) in [5.74, 6) is 0.854. The summed E-state index contributed by atoms with van der Waals surface area (Å²) in [6.45, 7) is 5.41. The van der Waals surface area contributed by atoms with Crippen LogP contribution in [-0.2, 0) is 30.5 Å². The molecule has 6 rings (SSSR count). The molecule has 1 atom stereocenters. The van der Waals surface area contributed by atoms with Crippen LogP contribution in [-0.4, -0.2) is 35.1 Å². The van der Waals surface area contributed by atoms with Crippen molar-refractivity contribution in [1.29, 1.82) is 0 Å². The molecule has 0 fully saturated rings. The zero-order chi connectivity index (χ0) is 33.4. The Labute approximate surface area is 278 Å². The van der Waals surface area contributed by atoms with Gasteiger partial charge >= 0.3 is 0 Å². The summed E-state index contributed by atoms with van der Waals surface area (Å²) < 4.78 is 0. The van der Waals surface area contributed by atoms with Crippen LogP contribution in [0.15, 0.2) is 133 Å². The number of fused-ring (bicyclic) bond motifs is 2. The Hall–Kier alpha value is -4.97. The smallest absolute Gasteiger partial charge is 0.134 e. The lowest BCUT2D eigenvalue weighted by molar-refractivity contribution is -0.116. The summed E-state index contributed by atoms with van der Waals surface area (Å²) in [6.07, 6.45) is 3.35. The van der Waals surface area contributed by atoms with E-state index in [2.05, 4.69) is 85.0 Å². The minimum atomic E-state index is 0.209. The van der Waals surface area contributed by atoms with Crippen LogP contribution in [0.4, 0.5) is 0 Å². The van der Waals surface area contributed by atoms with Crippen LogP contribution >= 0.6 is 0 Å². The molecule has 5 heteroatoms. The number of rotatable bonds is 10. The molecule has 0 bridgehead atoms. The van der Waals surface area contributed by atoms with E-state index in [9.17, 15) is 9.90 Å². The third-order valence-corrected chi connectivity index (χ3v) is 7.81. The Morgan fingerprint density at radius 3 is 1.79 bits per heavy atom. The van der Waals surface area contributed by atoms with Crippen molar-refractivity contribution < 1.29 is 15.0 Å². The zero-order valence-corrected chi connectivity index (χ0v) is 27.4. The van der Waals surface area contributed by atoms with Gasteiger partial charge in [0.1, 0.15) is 17.3 Å². The SMILES string of the molecule is CC(=O)Cc1ccc2ccccc2c1.CC(Cc1ccc2ccccc2c1)NCCc1cccc(O)c1.NCCc1ccc(O)cc1. The first kappa shape index (κ1) is 34.9. The van der Waals surface area contributed by atoms with Crippen LogP contribution in [0.2, 0.25) is 0 Å². The standard InChI is InChI=1S/C21H23NO.C13H12O.C8H11NO/c1-16(22-12-11-17-5-4-8-21(23)15-17)13-18-9-10-19-6-2-3-7-20(19)14-18;1-10(14)8-11-6-7-12-4-2-3-5-13(12)9-11;9-6-5-7-1-3-8(10)4-2-7/h2-10,14-16,22-23H,11-13H2,1H3;2-7,9H,8H2,1H3;1-4,10H,5-6,9H2. The zero-order valence-electron chi connectivity index (χ0n) is 27.4. The fourth-order valence-electron chi connectivity index (χ4n) is 5.43. The number of nitrogens with one attached hydrogen (secondary N) is 1. The lowest BCUT2D eigenvalue weighted by Gasteiger charge is -2.14. The third-order valence-electron chi connectivity index (χ3n) is 7.81. The molecule has 0 aliphatic heterocycles. The number of hydrogen-bond donors (Lipinski definition) is 4. The Morgan fingerprint density at radius 1 is 0.617 bits per heavy atom. The van der Waals surface area contributed by atoms with Crippen LogP contribution in [0.5, 0.6) is 11.5 Å². The van der Waals surface area contributed by atoms with Gasteiger partial charge in [0, 0.05) is 12.5 Å². The van der Waals surface area contributed by atoms with Gasteiger partial charge in [0.05, 0.1) is 0 Å². The Kier molecular flexibility index (Phi) is 13.5. The van der Waals surface area contributed by atoms with Crippen LogP contribution < -0.4 is 11.1 Å². The van der Waals surface area contributed by atoms with Gasteiger partial charge < -0.3 is 21.3 Å². The second-order valence-corrected chi connectivity index (χ2v) is 11.9. The molecule has 0 aliphatic rings. The molecule has 0 amide bonds. The van der Waals surface area contributed by atoms with E-state index in [-0.39, 0.29) is 5.78 Å². The number of phenolic OH excluding ortho intramolecular Hbond substituents is 2. The van der Waals surface area contributed by atoms with Gasteiger partial charge in [0.25, 0.3) is 0 Å². The fraction of sp³-hybridized carbons (Fsp3) is 0.214. The molecule has 0 saturated heterocycles. The Morgan fingerprint density at radius 2 is 1.19 bits per heavy atom. The van der Waals surface area contributed by atoms with Gasteiger partial charge in [-0.3, -0.25) is 4.79 Å². The molecule has 1 unspecified atom stereocenters. The molecule has 0 saturated carbocycles. The largest absolute Gasteiger partial charge is 0.508 e. The molecule has 0 aliphatic carbocycles. The third kappa shape index (κ3) is 12.0. The summed E-state index contributed by atoms with van der Waals surface area (Å²) in [7, 11) is 0. The van der Waals surface area contributed by atoms with E-state index in [1.54, 1.807) is 25.1 Å². The number of aromatic hydroxyl groups is 2. The predicted octanol–water partition coefficient (Wildman–Crippen LogP) is 8.17. The molecule has 0 heterocycles. The van der Waals surface area contributed by atoms with Crippen molar-refractivity contribution >= 4 is 27.3 Å². The monoisotopic (exact) mass is 626 g/mol. The highest BCUT2D eigenvalue weighted by Crippen LogP contribution is 2.18. The predicted molar refractivity (Wildman–Crippen MR) is 196 cm³/mol. The van der Waals surface area contributed by atoms with Crippen molar-refractivity contribution in [2.75, 3.05) is 13.1 Å². The van der Waals surface area contributed by atoms with Crippen LogP contribution in [0.3, 0.4) is 0 Å². The highest BCUT2D eigenvalue weighted by molar-refractivity contribution is 5.85. The molecular formula is C42H46N2O3. The molecule has 0 radical (unpaired) electrons. The first-order chi connectivity index (χ1) is 22.8. The number of ketones is 1. The van der Waals surface area contributed by atoms with Crippen molar-refractivity contribution in [3.63, 3.8) is 0 Å². The number of hydrogen-bond acceptors (Lipinski definition) is 5. The maximum absolute atomic E-state index is 10.9. The number of phenols is 2. The average molecular weight is 627 g/mol. The number of Topliss-reactive ketones (excluding diaryl/α,β-unsaturated/α-hetero) is 1. The van der Waals surface area contributed by atoms with Crippen molar-refractivity contribution in [3.05, 3.63) is 156 Å². The summed E-state index contributed by atoms with van der Waals surface area (Å²) in [6, 6.07) is 44.5. The quantitative estimate of drug-likeness (QED) is 0.123. The fourth-order valence-corrected chi connectivity index (χ4v) is 5.43. The molecule has 6 aromatic carbocycles. The van der Waals surface area contributed by atoms with Gasteiger partial charge in [-0.15, -0.1) is 0 Å². The Bertz CT molecular complexity index is 1850. The Balaban J connectivity index is 0.000000177. The van der Waals surface area contributed by atoms with E-state index < -0.39 is 0 Å². The van der Waals surface area contributed by atoms with E-state index in [0.717, 1.165) is 36.9 Å². The van der Waals surface area contributed by atoms with Crippen molar-refractivity contribution in [2.45, 2.75) is 45.6 Å². The summed E-state index contributed by atoms with van der Waals surface area (Å²) in [4.78, 5) is 10.9. The van der Waals surface area contributed by atoms with Crippen molar-refractivity contribution in [1.82, 2.24) is 5.32 Å². The van der Waals surface area contributed by atoms with E-state index >= 15 is 0 Å². The van der Waals surface area contributed by atoms with E-state index in [0.29, 0.717) is 30.5 Å². The maximum atomic E-state index is 10.9. The molecule has 0 aromatic heterocycles. The molecule has 242 valence electrons. The first-order valence-electron chi connectivity index (χ1n) is 16.2. The number of benzene rings is 6. The molecule has 5 N–H and O–H groups in total. The summed E-state index contributed by atoms with van der Waals surface area (Å²) >= 11 is 0. The lowest BCUT2D eigenvalue weighted by atomic mass is 10.0. The number of nitrogens with two attached hydrogens (primary N) is 1. The maximum Gasteiger partial charge on any atom is 0.134 e. The molecule has 47 heavy (non-hydrogen) atoms. The van der Waals surface area contributed by atoms with E-state index in [4.69, 9.17) is 10.8 Å². The number of carbonyl (C=O) groups excluding carboxylic acids is 1. The highest BCUT2D eigenvalue weighted by Gasteiger charge is 2.05. The second-order valence-electron chi connectivity index (χ2n) is 11.9. The topological polar surface area (TPSA) is 95.6 Å². The summed E-state index contributed by atoms with van der Waals surface area (Å²) in [5, 5.41) is 27.0.